The molecule has 0 saturated carbocycles. The first-order chi connectivity index (χ1) is 13.7. The third kappa shape index (κ3) is 3.96. The number of carbonyl (C=O) groups excluding carboxylic acids is 1. The van der Waals surface area contributed by atoms with E-state index in [2.05, 4.69) is 25.5 Å². The Labute approximate surface area is 161 Å². The Kier molecular flexibility index (Phi) is 4.92. The van der Waals surface area contributed by atoms with Gasteiger partial charge in [0.05, 0.1) is 18.3 Å². The summed E-state index contributed by atoms with van der Waals surface area (Å²) in [4.78, 5) is 20.4. The molecule has 2 aromatic carbocycles. The van der Waals surface area contributed by atoms with Crippen LogP contribution in [0.3, 0.4) is 0 Å². The average molecular weight is 373 g/mol. The van der Waals surface area contributed by atoms with Gasteiger partial charge in [-0.1, -0.05) is 24.3 Å². The van der Waals surface area contributed by atoms with Crippen LogP contribution < -0.4 is 5.32 Å². The van der Waals surface area contributed by atoms with Crippen LogP contribution in [0, 0.1) is 0 Å². The van der Waals surface area contributed by atoms with E-state index in [9.17, 15) is 4.79 Å². The second-order valence-corrected chi connectivity index (χ2v) is 6.42. The molecule has 2 aromatic heterocycles. The lowest BCUT2D eigenvalue weighted by Gasteiger charge is -2.15. The number of nitrogens with zero attached hydrogens (tertiary/aromatic N) is 6. The standard InChI is InChI=1S/C20H19N7O/c1-15(17-6-8-19(9-7-17)27-14-22-12-24-27)25-20(28)18-4-2-16(3-5-18)10-26-13-21-11-23-26/h2-9,11-15H,10H2,1H3,(H,25,28). The predicted octanol–water partition coefficient (Wildman–Crippen LogP) is 2.40. The molecule has 4 rings (SSSR count). The SMILES string of the molecule is CC(NC(=O)c1ccc(Cn2cncn2)cc1)c1ccc(-n2cncn2)cc1. The fourth-order valence-corrected chi connectivity index (χ4v) is 2.88. The van der Waals surface area contributed by atoms with E-state index in [1.165, 1.54) is 12.7 Å². The zero-order chi connectivity index (χ0) is 19.3. The quantitative estimate of drug-likeness (QED) is 0.560. The molecule has 2 heterocycles. The van der Waals surface area contributed by atoms with Crippen LogP contribution in [0.4, 0.5) is 0 Å². The molecule has 8 nitrogen and oxygen atoms in total. The van der Waals surface area contributed by atoms with Gasteiger partial charge in [0.15, 0.2) is 0 Å². The summed E-state index contributed by atoms with van der Waals surface area (Å²) >= 11 is 0. The summed E-state index contributed by atoms with van der Waals surface area (Å²) in [5, 5.41) is 11.2. The third-order valence-corrected chi connectivity index (χ3v) is 4.45. The van der Waals surface area contributed by atoms with Gasteiger partial charge in [0, 0.05) is 5.56 Å². The maximum absolute atomic E-state index is 12.5. The van der Waals surface area contributed by atoms with Crippen LogP contribution in [-0.2, 0) is 6.54 Å². The van der Waals surface area contributed by atoms with Gasteiger partial charge in [0.1, 0.15) is 25.3 Å². The summed E-state index contributed by atoms with van der Waals surface area (Å²) in [6, 6.07) is 15.2. The van der Waals surface area contributed by atoms with Crippen molar-refractivity contribution in [1.29, 1.82) is 0 Å². The van der Waals surface area contributed by atoms with Gasteiger partial charge in [0.25, 0.3) is 5.91 Å². The molecule has 0 radical (unpaired) electrons. The van der Waals surface area contributed by atoms with Gasteiger partial charge in [-0.05, 0) is 42.3 Å². The Bertz CT molecular complexity index is 1020. The fraction of sp³-hybridized carbons (Fsp3) is 0.150. The van der Waals surface area contributed by atoms with Crippen LogP contribution in [0.1, 0.15) is 34.5 Å². The van der Waals surface area contributed by atoms with Crippen molar-refractivity contribution < 1.29 is 4.79 Å². The van der Waals surface area contributed by atoms with E-state index in [4.69, 9.17) is 0 Å². The van der Waals surface area contributed by atoms with E-state index in [1.807, 2.05) is 55.5 Å². The Balaban J connectivity index is 1.38. The van der Waals surface area contributed by atoms with E-state index < -0.39 is 0 Å². The molecule has 28 heavy (non-hydrogen) atoms. The molecule has 0 bridgehead atoms. The lowest BCUT2D eigenvalue weighted by molar-refractivity contribution is 0.0940. The number of carbonyl (C=O) groups is 1. The minimum absolute atomic E-state index is 0.111. The number of rotatable bonds is 6. The van der Waals surface area contributed by atoms with Crippen molar-refractivity contribution in [1.82, 2.24) is 34.8 Å². The molecule has 0 aliphatic rings. The highest BCUT2D eigenvalue weighted by molar-refractivity contribution is 5.94. The topological polar surface area (TPSA) is 90.5 Å². The number of amides is 1. The molecule has 0 spiro atoms. The summed E-state index contributed by atoms with van der Waals surface area (Å²) < 4.78 is 3.42. The van der Waals surface area contributed by atoms with Crippen LogP contribution in [0.25, 0.3) is 5.69 Å². The monoisotopic (exact) mass is 373 g/mol. The van der Waals surface area contributed by atoms with E-state index in [0.29, 0.717) is 12.1 Å². The molecule has 0 aliphatic carbocycles. The molecular formula is C20H19N7O. The lowest BCUT2D eigenvalue weighted by Crippen LogP contribution is -2.26. The minimum Gasteiger partial charge on any atom is -0.346 e. The average Bonchev–Trinajstić information content (AvgIpc) is 3.43. The number of hydrogen-bond donors (Lipinski definition) is 1. The number of benzene rings is 2. The van der Waals surface area contributed by atoms with Crippen molar-refractivity contribution in [2.24, 2.45) is 0 Å². The second kappa shape index (κ2) is 7.83. The normalized spacial score (nSPS) is 11.9. The summed E-state index contributed by atoms with van der Waals surface area (Å²) in [7, 11) is 0. The van der Waals surface area contributed by atoms with Crippen molar-refractivity contribution >= 4 is 5.91 Å². The van der Waals surface area contributed by atoms with Gasteiger partial charge in [-0.15, -0.1) is 0 Å². The Morgan fingerprint density at radius 3 is 2.32 bits per heavy atom. The Morgan fingerprint density at radius 1 is 0.964 bits per heavy atom. The van der Waals surface area contributed by atoms with E-state index in [0.717, 1.165) is 16.8 Å². The lowest BCUT2D eigenvalue weighted by atomic mass is 10.1. The van der Waals surface area contributed by atoms with E-state index in [1.54, 1.807) is 22.0 Å². The molecule has 1 amide bonds. The highest BCUT2D eigenvalue weighted by Crippen LogP contribution is 2.16. The van der Waals surface area contributed by atoms with Gasteiger partial charge >= 0.3 is 0 Å². The fourth-order valence-electron chi connectivity index (χ4n) is 2.88. The molecule has 8 heteroatoms. The number of aromatic nitrogens is 6. The van der Waals surface area contributed by atoms with Crippen molar-refractivity contribution in [2.45, 2.75) is 19.5 Å². The van der Waals surface area contributed by atoms with Crippen molar-refractivity contribution in [3.8, 4) is 5.69 Å². The van der Waals surface area contributed by atoms with Crippen LogP contribution in [0.2, 0.25) is 0 Å². The van der Waals surface area contributed by atoms with Gasteiger partial charge < -0.3 is 5.32 Å². The summed E-state index contributed by atoms with van der Waals surface area (Å²) in [5.74, 6) is -0.111. The molecule has 0 fully saturated rings. The molecule has 0 aliphatic heterocycles. The molecular weight excluding hydrogens is 354 g/mol. The van der Waals surface area contributed by atoms with Crippen molar-refractivity contribution in [3.63, 3.8) is 0 Å². The van der Waals surface area contributed by atoms with Gasteiger partial charge in [-0.2, -0.15) is 10.2 Å². The van der Waals surface area contributed by atoms with Crippen molar-refractivity contribution in [2.75, 3.05) is 0 Å². The van der Waals surface area contributed by atoms with Gasteiger partial charge in [-0.3, -0.25) is 4.79 Å². The molecule has 1 atom stereocenters. The first-order valence-corrected chi connectivity index (χ1v) is 8.86. The largest absolute Gasteiger partial charge is 0.346 e. The van der Waals surface area contributed by atoms with Crippen LogP contribution >= 0.6 is 0 Å². The maximum atomic E-state index is 12.5. The van der Waals surface area contributed by atoms with Crippen LogP contribution in [0.5, 0.6) is 0 Å². The van der Waals surface area contributed by atoms with Crippen LogP contribution in [-0.4, -0.2) is 35.4 Å². The molecule has 4 aromatic rings. The highest BCUT2D eigenvalue weighted by atomic mass is 16.1. The second-order valence-electron chi connectivity index (χ2n) is 6.42. The zero-order valence-electron chi connectivity index (χ0n) is 15.3. The minimum atomic E-state index is -0.118. The highest BCUT2D eigenvalue weighted by Gasteiger charge is 2.12. The first-order valence-electron chi connectivity index (χ1n) is 8.86. The smallest absolute Gasteiger partial charge is 0.251 e. The number of hydrogen-bond acceptors (Lipinski definition) is 5. The van der Waals surface area contributed by atoms with Gasteiger partial charge in [-0.25, -0.2) is 19.3 Å². The third-order valence-electron chi connectivity index (χ3n) is 4.45. The van der Waals surface area contributed by atoms with Crippen LogP contribution in [0.15, 0.2) is 73.8 Å². The summed E-state index contributed by atoms with van der Waals surface area (Å²) in [5.41, 5.74) is 3.61. The molecule has 1 unspecified atom stereocenters. The molecule has 1 N–H and O–H groups in total. The predicted molar refractivity (Wildman–Crippen MR) is 103 cm³/mol. The van der Waals surface area contributed by atoms with Gasteiger partial charge in [0.2, 0.25) is 0 Å². The Morgan fingerprint density at radius 2 is 1.68 bits per heavy atom. The summed E-state index contributed by atoms with van der Waals surface area (Å²) in [6.45, 7) is 2.58. The summed E-state index contributed by atoms with van der Waals surface area (Å²) in [6.07, 6.45) is 6.30. The van der Waals surface area contributed by atoms with Crippen molar-refractivity contribution in [3.05, 3.63) is 90.5 Å². The maximum Gasteiger partial charge on any atom is 0.251 e. The first kappa shape index (κ1) is 17.6. The molecule has 0 saturated heterocycles. The zero-order valence-corrected chi connectivity index (χ0v) is 15.3. The molecule has 140 valence electrons. The Hall–Kier alpha value is -3.81. The number of nitrogens with one attached hydrogen (secondary N) is 1. The van der Waals surface area contributed by atoms with E-state index in [-0.39, 0.29) is 11.9 Å². The van der Waals surface area contributed by atoms with E-state index >= 15 is 0 Å².